The minimum atomic E-state index is -0.294. The zero-order valence-electron chi connectivity index (χ0n) is 13.7. The van der Waals surface area contributed by atoms with E-state index in [-0.39, 0.29) is 11.6 Å². The maximum Gasteiger partial charge on any atom is 0.275 e. The molecule has 2 N–H and O–H groups in total. The van der Waals surface area contributed by atoms with Gasteiger partial charge in [0.1, 0.15) is 11.5 Å². The van der Waals surface area contributed by atoms with E-state index < -0.39 is 0 Å². The Kier molecular flexibility index (Phi) is 5.30. The van der Waals surface area contributed by atoms with Crippen molar-refractivity contribution in [2.45, 2.75) is 45.1 Å². The van der Waals surface area contributed by atoms with Crippen LogP contribution in [0.5, 0.6) is 0 Å². The molecule has 1 aliphatic carbocycles. The molecule has 1 fully saturated rings. The number of carbonyl (C=O) groups excluding carboxylic acids is 1. The second-order valence-corrected chi connectivity index (χ2v) is 6.62. The number of amides is 1. The van der Waals surface area contributed by atoms with Crippen molar-refractivity contribution in [3.8, 4) is 0 Å². The lowest BCUT2D eigenvalue weighted by molar-refractivity contribution is 0.102. The molecule has 0 radical (unpaired) electrons. The molecule has 3 rings (SSSR count). The highest BCUT2D eigenvalue weighted by Gasteiger charge is 2.14. The van der Waals surface area contributed by atoms with Gasteiger partial charge >= 0.3 is 0 Å². The predicted octanol–water partition coefficient (Wildman–Crippen LogP) is 4.44. The van der Waals surface area contributed by atoms with E-state index in [0.29, 0.717) is 16.8 Å². The third-order valence-electron chi connectivity index (χ3n) is 4.29. The van der Waals surface area contributed by atoms with Crippen molar-refractivity contribution in [1.29, 1.82) is 0 Å². The minimum Gasteiger partial charge on any atom is -0.366 e. The Morgan fingerprint density at radius 3 is 2.67 bits per heavy atom. The van der Waals surface area contributed by atoms with Crippen molar-refractivity contribution >= 4 is 29.0 Å². The van der Waals surface area contributed by atoms with Gasteiger partial charge in [0, 0.05) is 16.8 Å². The fourth-order valence-electron chi connectivity index (χ4n) is 2.89. The quantitative estimate of drug-likeness (QED) is 0.860. The number of carbonyl (C=O) groups is 1. The van der Waals surface area contributed by atoms with Crippen LogP contribution in [0.4, 0.5) is 11.5 Å². The Labute approximate surface area is 146 Å². The van der Waals surface area contributed by atoms with Crippen LogP contribution in [0.15, 0.2) is 30.6 Å². The van der Waals surface area contributed by atoms with Gasteiger partial charge in [0.2, 0.25) is 0 Å². The number of aromatic nitrogens is 2. The molecule has 2 aromatic rings. The van der Waals surface area contributed by atoms with Crippen LogP contribution < -0.4 is 10.6 Å². The SMILES string of the molecule is Cc1ccc(Cl)cc1NC(=O)c1cnc(NC2CCCCC2)cn1. The number of hydrogen-bond donors (Lipinski definition) is 2. The molecule has 126 valence electrons. The summed E-state index contributed by atoms with van der Waals surface area (Å²) < 4.78 is 0. The zero-order valence-corrected chi connectivity index (χ0v) is 14.4. The van der Waals surface area contributed by atoms with Gasteiger partial charge in [-0.3, -0.25) is 4.79 Å². The first kappa shape index (κ1) is 16.7. The molecule has 1 aromatic carbocycles. The van der Waals surface area contributed by atoms with Crippen molar-refractivity contribution in [2.75, 3.05) is 10.6 Å². The number of rotatable bonds is 4. The number of aryl methyl sites for hydroxylation is 1. The van der Waals surface area contributed by atoms with Gasteiger partial charge in [-0.25, -0.2) is 9.97 Å². The van der Waals surface area contributed by atoms with E-state index in [4.69, 9.17) is 11.6 Å². The van der Waals surface area contributed by atoms with Crippen molar-refractivity contribution in [2.24, 2.45) is 0 Å². The second kappa shape index (κ2) is 7.62. The molecule has 0 saturated heterocycles. The van der Waals surface area contributed by atoms with E-state index >= 15 is 0 Å². The molecule has 1 amide bonds. The van der Waals surface area contributed by atoms with Gasteiger partial charge in [-0.05, 0) is 37.5 Å². The average Bonchev–Trinajstić information content (AvgIpc) is 2.60. The van der Waals surface area contributed by atoms with E-state index in [1.54, 1.807) is 18.3 Å². The van der Waals surface area contributed by atoms with Crippen molar-refractivity contribution in [3.05, 3.63) is 46.9 Å². The van der Waals surface area contributed by atoms with Gasteiger partial charge in [0.15, 0.2) is 0 Å². The first-order valence-corrected chi connectivity index (χ1v) is 8.66. The van der Waals surface area contributed by atoms with Gasteiger partial charge in [-0.15, -0.1) is 0 Å². The van der Waals surface area contributed by atoms with Crippen LogP contribution in [-0.4, -0.2) is 21.9 Å². The van der Waals surface area contributed by atoms with E-state index in [2.05, 4.69) is 20.6 Å². The molecule has 24 heavy (non-hydrogen) atoms. The summed E-state index contributed by atoms with van der Waals surface area (Å²) in [5, 5.41) is 6.79. The summed E-state index contributed by atoms with van der Waals surface area (Å²) in [6, 6.07) is 5.84. The maximum atomic E-state index is 12.3. The molecule has 1 saturated carbocycles. The molecular formula is C18H21ClN4O. The van der Waals surface area contributed by atoms with E-state index in [0.717, 1.165) is 24.2 Å². The van der Waals surface area contributed by atoms with Gasteiger partial charge in [0.05, 0.1) is 12.4 Å². The van der Waals surface area contributed by atoms with Gasteiger partial charge in [0.25, 0.3) is 5.91 Å². The van der Waals surface area contributed by atoms with Crippen LogP contribution in [0.1, 0.15) is 48.2 Å². The van der Waals surface area contributed by atoms with E-state index in [1.807, 2.05) is 13.0 Å². The Morgan fingerprint density at radius 2 is 1.96 bits per heavy atom. The zero-order chi connectivity index (χ0) is 16.9. The summed E-state index contributed by atoms with van der Waals surface area (Å²) >= 11 is 5.97. The number of hydrogen-bond acceptors (Lipinski definition) is 4. The average molecular weight is 345 g/mol. The Balaban J connectivity index is 1.64. The summed E-state index contributed by atoms with van der Waals surface area (Å²) in [6.07, 6.45) is 9.27. The topological polar surface area (TPSA) is 66.9 Å². The third kappa shape index (κ3) is 4.23. The monoisotopic (exact) mass is 344 g/mol. The predicted molar refractivity (Wildman–Crippen MR) is 96.7 cm³/mol. The Morgan fingerprint density at radius 1 is 1.17 bits per heavy atom. The molecule has 1 aromatic heterocycles. The third-order valence-corrected chi connectivity index (χ3v) is 4.52. The molecule has 0 spiro atoms. The number of halogens is 1. The molecule has 6 heteroatoms. The highest BCUT2D eigenvalue weighted by Crippen LogP contribution is 2.22. The van der Waals surface area contributed by atoms with Crippen LogP contribution in [0, 0.1) is 6.92 Å². The van der Waals surface area contributed by atoms with Crippen molar-refractivity contribution < 1.29 is 4.79 Å². The maximum absolute atomic E-state index is 12.3. The molecule has 0 unspecified atom stereocenters. The summed E-state index contributed by atoms with van der Waals surface area (Å²) in [7, 11) is 0. The number of nitrogens with zero attached hydrogens (tertiary/aromatic N) is 2. The minimum absolute atomic E-state index is 0.281. The number of anilines is 2. The lowest BCUT2D eigenvalue weighted by Crippen LogP contribution is -2.23. The standard InChI is InChI=1S/C18H21ClN4O/c1-12-7-8-13(19)9-15(12)23-18(24)16-10-21-17(11-20-16)22-14-5-3-2-4-6-14/h7-11,14H,2-6H2,1H3,(H,21,22)(H,23,24). The van der Waals surface area contributed by atoms with Crippen LogP contribution in [0.25, 0.3) is 0 Å². The molecule has 1 heterocycles. The second-order valence-electron chi connectivity index (χ2n) is 6.18. The first-order chi connectivity index (χ1) is 11.6. The molecule has 0 atom stereocenters. The molecule has 0 bridgehead atoms. The van der Waals surface area contributed by atoms with Crippen LogP contribution >= 0.6 is 11.6 Å². The van der Waals surface area contributed by atoms with Crippen LogP contribution in [0.2, 0.25) is 5.02 Å². The van der Waals surface area contributed by atoms with Crippen LogP contribution in [0.3, 0.4) is 0 Å². The first-order valence-electron chi connectivity index (χ1n) is 8.28. The van der Waals surface area contributed by atoms with Crippen molar-refractivity contribution in [3.63, 3.8) is 0 Å². The highest BCUT2D eigenvalue weighted by atomic mass is 35.5. The summed E-state index contributed by atoms with van der Waals surface area (Å²) in [6.45, 7) is 1.91. The lowest BCUT2D eigenvalue weighted by atomic mass is 9.96. The summed E-state index contributed by atoms with van der Waals surface area (Å²) in [4.78, 5) is 20.8. The lowest BCUT2D eigenvalue weighted by Gasteiger charge is -2.23. The number of nitrogens with one attached hydrogen (secondary N) is 2. The van der Waals surface area contributed by atoms with Gasteiger partial charge in [-0.2, -0.15) is 0 Å². The van der Waals surface area contributed by atoms with Gasteiger partial charge in [-0.1, -0.05) is 36.9 Å². The number of benzene rings is 1. The summed E-state index contributed by atoms with van der Waals surface area (Å²) in [5.74, 6) is 0.425. The summed E-state index contributed by atoms with van der Waals surface area (Å²) in [5.41, 5.74) is 1.90. The van der Waals surface area contributed by atoms with Crippen LogP contribution in [-0.2, 0) is 0 Å². The van der Waals surface area contributed by atoms with E-state index in [1.165, 1.54) is 25.5 Å². The van der Waals surface area contributed by atoms with E-state index in [9.17, 15) is 4.79 Å². The Hall–Kier alpha value is -2.14. The fraction of sp³-hybridized carbons (Fsp3) is 0.389. The highest BCUT2D eigenvalue weighted by molar-refractivity contribution is 6.31. The molecule has 5 nitrogen and oxygen atoms in total. The van der Waals surface area contributed by atoms with Gasteiger partial charge < -0.3 is 10.6 Å². The largest absolute Gasteiger partial charge is 0.366 e. The normalized spacial score (nSPS) is 15.1. The molecule has 1 aliphatic rings. The fourth-order valence-corrected chi connectivity index (χ4v) is 3.06. The molecule has 0 aliphatic heterocycles. The smallest absolute Gasteiger partial charge is 0.275 e. The van der Waals surface area contributed by atoms with Crippen molar-refractivity contribution in [1.82, 2.24) is 9.97 Å². The Bertz CT molecular complexity index is 711. The molecular weight excluding hydrogens is 324 g/mol.